The highest BCUT2D eigenvalue weighted by molar-refractivity contribution is 5.79. The standard InChI is InChI=1S/C17H24N2O2/c1-4-14-11-17(20)19(12-14)13-15-5-7-16(8-6-15)21-10-9-18(2)3/h4-8,14H,1,9-13H2,2-3H3. The van der Waals surface area contributed by atoms with Gasteiger partial charge in [-0.3, -0.25) is 4.79 Å². The minimum Gasteiger partial charge on any atom is -0.492 e. The van der Waals surface area contributed by atoms with Crippen molar-refractivity contribution in [3.63, 3.8) is 0 Å². The van der Waals surface area contributed by atoms with E-state index in [9.17, 15) is 4.79 Å². The third-order valence-electron chi connectivity index (χ3n) is 3.68. The van der Waals surface area contributed by atoms with Crippen molar-refractivity contribution >= 4 is 5.91 Å². The molecule has 1 aromatic carbocycles. The second kappa shape index (κ2) is 7.27. The lowest BCUT2D eigenvalue weighted by Crippen LogP contribution is -2.24. The van der Waals surface area contributed by atoms with Crippen LogP contribution >= 0.6 is 0 Å². The number of hydrogen-bond acceptors (Lipinski definition) is 3. The average molecular weight is 288 g/mol. The van der Waals surface area contributed by atoms with E-state index in [4.69, 9.17) is 4.74 Å². The molecule has 0 saturated carbocycles. The first kappa shape index (κ1) is 15.6. The number of likely N-dealkylation sites (tertiary alicyclic amines) is 1. The predicted molar refractivity (Wildman–Crippen MR) is 84.2 cm³/mol. The van der Waals surface area contributed by atoms with Crippen molar-refractivity contribution < 1.29 is 9.53 Å². The van der Waals surface area contributed by atoms with Crippen LogP contribution in [0.2, 0.25) is 0 Å². The summed E-state index contributed by atoms with van der Waals surface area (Å²) in [7, 11) is 4.05. The summed E-state index contributed by atoms with van der Waals surface area (Å²) in [6.07, 6.45) is 2.47. The summed E-state index contributed by atoms with van der Waals surface area (Å²) in [5.74, 6) is 1.38. The predicted octanol–water partition coefficient (Wildman–Crippen LogP) is 2.16. The molecule has 4 heteroatoms. The minimum atomic E-state index is 0.214. The van der Waals surface area contributed by atoms with Gasteiger partial charge in [0.25, 0.3) is 0 Å². The van der Waals surface area contributed by atoms with Crippen LogP contribution in [-0.2, 0) is 11.3 Å². The SMILES string of the molecule is C=CC1CC(=O)N(Cc2ccc(OCCN(C)C)cc2)C1. The zero-order valence-corrected chi connectivity index (χ0v) is 12.9. The van der Waals surface area contributed by atoms with E-state index in [1.807, 2.05) is 49.3 Å². The van der Waals surface area contributed by atoms with Crippen LogP contribution in [0.3, 0.4) is 0 Å². The number of amides is 1. The fourth-order valence-electron chi connectivity index (χ4n) is 2.37. The van der Waals surface area contributed by atoms with Crippen LogP contribution in [0.15, 0.2) is 36.9 Å². The van der Waals surface area contributed by atoms with Crippen molar-refractivity contribution in [1.82, 2.24) is 9.80 Å². The summed E-state index contributed by atoms with van der Waals surface area (Å²) in [4.78, 5) is 15.9. The fraction of sp³-hybridized carbons (Fsp3) is 0.471. The fourth-order valence-corrected chi connectivity index (χ4v) is 2.37. The maximum atomic E-state index is 11.9. The monoisotopic (exact) mass is 288 g/mol. The molecular weight excluding hydrogens is 264 g/mol. The Bertz CT molecular complexity index is 482. The van der Waals surface area contributed by atoms with Crippen LogP contribution < -0.4 is 4.74 Å². The van der Waals surface area contributed by atoms with Gasteiger partial charge in [-0.2, -0.15) is 0 Å². The van der Waals surface area contributed by atoms with E-state index < -0.39 is 0 Å². The molecule has 114 valence electrons. The number of carbonyl (C=O) groups excluding carboxylic acids is 1. The van der Waals surface area contributed by atoms with Gasteiger partial charge in [-0.05, 0) is 31.8 Å². The molecule has 1 aromatic rings. The van der Waals surface area contributed by atoms with Gasteiger partial charge in [0.15, 0.2) is 0 Å². The molecule has 1 unspecified atom stereocenters. The van der Waals surface area contributed by atoms with Crippen molar-refractivity contribution in [3.05, 3.63) is 42.5 Å². The summed E-state index contributed by atoms with van der Waals surface area (Å²) in [5, 5.41) is 0. The largest absolute Gasteiger partial charge is 0.492 e. The van der Waals surface area contributed by atoms with Gasteiger partial charge in [-0.25, -0.2) is 0 Å². The molecule has 1 aliphatic rings. The molecule has 0 radical (unpaired) electrons. The number of rotatable bonds is 7. The van der Waals surface area contributed by atoms with Crippen LogP contribution in [0, 0.1) is 5.92 Å². The van der Waals surface area contributed by atoms with Crippen LogP contribution in [0.25, 0.3) is 0 Å². The molecule has 1 fully saturated rings. The van der Waals surface area contributed by atoms with Crippen molar-refractivity contribution in [2.75, 3.05) is 33.8 Å². The van der Waals surface area contributed by atoms with Gasteiger partial charge in [-0.1, -0.05) is 18.2 Å². The van der Waals surface area contributed by atoms with Gasteiger partial charge in [0.2, 0.25) is 5.91 Å². The highest BCUT2D eigenvalue weighted by Crippen LogP contribution is 2.21. The molecule has 0 aromatic heterocycles. The van der Waals surface area contributed by atoms with Gasteiger partial charge in [-0.15, -0.1) is 6.58 Å². The first-order valence-electron chi connectivity index (χ1n) is 7.35. The Morgan fingerprint density at radius 3 is 2.67 bits per heavy atom. The first-order valence-corrected chi connectivity index (χ1v) is 7.35. The van der Waals surface area contributed by atoms with Crippen LogP contribution in [0.4, 0.5) is 0 Å². The molecule has 1 atom stereocenters. The Kier molecular flexibility index (Phi) is 5.39. The maximum absolute atomic E-state index is 11.9. The van der Waals surface area contributed by atoms with Gasteiger partial charge >= 0.3 is 0 Å². The zero-order valence-electron chi connectivity index (χ0n) is 12.9. The van der Waals surface area contributed by atoms with E-state index in [0.717, 1.165) is 24.4 Å². The number of nitrogens with zero attached hydrogens (tertiary/aromatic N) is 2. The Labute approximate surface area is 127 Å². The molecule has 1 saturated heterocycles. The molecule has 0 spiro atoms. The number of ether oxygens (including phenoxy) is 1. The lowest BCUT2D eigenvalue weighted by Gasteiger charge is -2.16. The smallest absolute Gasteiger partial charge is 0.223 e. The van der Waals surface area contributed by atoms with Crippen LogP contribution in [0.5, 0.6) is 5.75 Å². The van der Waals surface area contributed by atoms with E-state index >= 15 is 0 Å². The lowest BCUT2D eigenvalue weighted by molar-refractivity contribution is -0.128. The third-order valence-corrected chi connectivity index (χ3v) is 3.68. The quantitative estimate of drug-likeness (QED) is 0.721. The highest BCUT2D eigenvalue weighted by Gasteiger charge is 2.27. The Morgan fingerprint density at radius 2 is 2.10 bits per heavy atom. The molecule has 1 amide bonds. The van der Waals surface area contributed by atoms with E-state index in [-0.39, 0.29) is 5.91 Å². The molecule has 1 heterocycles. The van der Waals surface area contributed by atoms with E-state index in [1.54, 1.807) is 0 Å². The second-order valence-corrected chi connectivity index (χ2v) is 5.77. The van der Waals surface area contributed by atoms with Crippen molar-refractivity contribution in [2.24, 2.45) is 5.92 Å². The molecule has 21 heavy (non-hydrogen) atoms. The summed E-state index contributed by atoms with van der Waals surface area (Å²) < 4.78 is 5.66. The van der Waals surface area contributed by atoms with E-state index in [0.29, 0.717) is 25.5 Å². The van der Waals surface area contributed by atoms with Crippen molar-refractivity contribution in [3.8, 4) is 5.75 Å². The molecular formula is C17H24N2O2. The lowest BCUT2D eigenvalue weighted by atomic mass is 10.1. The molecule has 1 aliphatic heterocycles. The summed E-state index contributed by atoms with van der Waals surface area (Å²) in [5.41, 5.74) is 1.13. The summed E-state index contributed by atoms with van der Waals surface area (Å²) in [6, 6.07) is 7.99. The topological polar surface area (TPSA) is 32.8 Å². The summed E-state index contributed by atoms with van der Waals surface area (Å²) in [6.45, 7) is 6.80. The van der Waals surface area contributed by atoms with E-state index in [2.05, 4.69) is 11.5 Å². The van der Waals surface area contributed by atoms with Gasteiger partial charge in [0.1, 0.15) is 12.4 Å². The number of hydrogen-bond donors (Lipinski definition) is 0. The second-order valence-electron chi connectivity index (χ2n) is 5.77. The molecule has 0 N–H and O–H groups in total. The van der Waals surface area contributed by atoms with Crippen LogP contribution in [0.1, 0.15) is 12.0 Å². The van der Waals surface area contributed by atoms with Crippen molar-refractivity contribution in [2.45, 2.75) is 13.0 Å². The molecule has 0 bridgehead atoms. The van der Waals surface area contributed by atoms with Gasteiger partial charge < -0.3 is 14.5 Å². The van der Waals surface area contributed by atoms with Gasteiger partial charge in [0.05, 0.1) is 0 Å². The van der Waals surface area contributed by atoms with Gasteiger partial charge in [0, 0.05) is 32.0 Å². The summed E-state index contributed by atoms with van der Waals surface area (Å²) >= 11 is 0. The third kappa shape index (κ3) is 4.60. The minimum absolute atomic E-state index is 0.214. The number of carbonyl (C=O) groups is 1. The number of benzene rings is 1. The average Bonchev–Trinajstić information content (AvgIpc) is 2.81. The first-order chi connectivity index (χ1) is 10.1. The van der Waals surface area contributed by atoms with E-state index in [1.165, 1.54) is 0 Å². The normalized spacial score (nSPS) is 18.3. The molecule has 2 rings (SSSR count). The maximum Gasteiger partial charge on any atom is 0.223 e. The Hall–Kier alpha value is -1.81. The number of likely N-dealkylation sites (N-methyl/N-ethyl adjacent to an activating group) is 1. The molecule has 0 aliphatic carbocycles. The van der Waals surface area contributed by atoms with Crippen LogP contribution in [-0.4, -0.2) is 49.5 Å². The highest BCUT2D eigenvalue weighted by atomic mass is 16.5. The zero-order chi connectivity index (χ0) is 15.2. The Morgan fingerprint density at radius 1 is 1.38 bits per heavy atom. The van der Waals surface area contributed by atoms with Crippen molar-refractivity contribution in [1.29, 1.82) is 0 Å². The molecule has 4 nitrogen and oxygen atoms in total. The Balaban J connectivity index is 1.85.